The van der Waals surface area contributed by atoms with Gasteiger partial charge in [-0.3, -0.25) is 9.38 Å². The maximum atomic E-state index is 13.3. The van der Waals surface area contributed by atoms with Gasteiger partial charge in [-0.2, -0.15) is 0 Å². The van der Waals surface area contributed by atoms with Crippen molar-refractivity contribution in [3.63, 3.8) is 0 Å². The smallest absolute Gasteiger partial charge is 0.201 e. The van der Waals surface area contributed by atoms with E-state index in [0.717, 1.165) is 42.9 Å². The van der Waals surface area contributed by atoms with Crippen molar-refractivity contribution >= 4 is 17.2 Å². The third-order valence-corrected chi connectivity index (χ3v) is 6.12. The highest BCUT2D eigenvalue weighted by Gasteiger charge is 2.22. The van der Waals surface area contributed by atoms with Crippen LogP contribution < -0.4 is 10.1 Å². The Kier molecular flexibility index (Phi) is 5.52. The van der Waals surface area contributed by atoms with Crippen LogP contribution in [0.4, 0.5) is 4.39 Å². The van der Waals surface area contributed by atoms with Crippen molar-refractivity contribution in [3.05, 3.63) is 59.0 Å². The quantitative estimate of drug-likeness (QED) is 0.486. The van der Waals surface area contributed by atoms with Crippen molar-refractivity contribution < 1.29 is 9.13 Å². The summed E-state index contributed by atoms with van der Waals surface area (Å²) < 4.78 is 23.2. The van der Waals surface area contributed by atoms with E-state index in [1.165, 1.54) is 12.3 Å². The second kappa shape index (κ2) is 8.48. The van der Waals surface area contributed by atoms with Crippen molar-refractivity contribution in [2.45, 2.75) is 38.8 Å². The molecule has 5 rings (SSSR count). The van der Waals surface area contributed by atoms with Gasteiger partial charge in [0.05, 0.1) is 29.8 Å². The normalized spacial score (nSPS) is 15.9. The van der Waals surface area contributed by atoms with Gasteiger partial charge in [-0.1, -0.05) is 16.8 Å². The number of imidazole rings is 1. The Labute approximate surface area is 189 Å². The number of hydrogen-bond acceptors (Lipinski definition) is 6. The molecule has 0 aliphatic carbocycles. The molecule has 1 atom stereocenters. The molecule has 1 N–H and O–H groups in total. The third-order valence-electron chi connectivity index (χ3n) is 5.85. The minimum atomic E-state index is -0.431. The summed E-state index contributed by atoms with van der Waals surface area (Å²) in [5.74, 6) is 0.102. The first-order chi connectivity index (χ1) is 15.5. The molecular weight excluding hydrogens is 433 g/mol. The summed E-state index contributed by atoms with van der Waals surface area (Å²) in [7, 11) is 0. The SMILES string of the molecule is Cc1c(-c2cc(OC(C)c3ccc(F)cn3)n3c(Cl)cnc3c2)nnn1C1CCNCC1. The van der Waals surface area contributed by atoms with Crippen molar-refractivity contribution in [1.29, 1.82) is 0 Å². The molecule has 32 heavy (non-hydrogen) atoms. The molecular formula is C22H23ClFN7O. The molecule has 1 unspecified atom stereocenters. The molecule has 0 radical (unpaired) electrons. The van der Waals surface area contributed by atoms with Gasteiger partial charge in [0.1, 0.15) is 28.4 Å². The fourth-order valence-electron chi connectivity index (χ4n) is 4.14. The summed E-state index contributed by atoms with van der Waals surface area (Å²) in [6.07, 6.45) is 4.37. The van der Waals surface area contributed by atoms with Gasteiger partial charge in [0.25, 0.3) is 0 Å². The van der Waals surface area contributed by atoms with Gasteiger partial charge < -0.3 is 10.1 Å². The zero-order valence-electron chi connectivity index (χ0n) is 17.8. The average Bonchev–Trinajstić information content (AvgIpc) is 3.37. The largest absolute Gasteiger partial charge is 0.469 e. The van der Waals surface area contributed by atoms with Gasteiger partial charge in [-0.25, -0.2) is 14.1 Å². The molecule has 0 amide bonds. The van der Waals surface area contributed by atoms with Crippen LogP contribution >= 0.6 is 11.6 Å². The van der Waals surface area contributed by atoms with E-state index < -0.39 is 11.9 Å². The van der Waals surface area contributed by atoms with E-state index in [0.29, 0.717) is 28.4 Å². The fraction of sp³-hybridized carbons (Fsp3) is 0.364. The van der Waals surface area contributed by atoms with Gasteiger partial charge in [0, 0.05) is 11.6 Å². The van der Waals surface area contributed by atoms with E-state index in [2.05, 4.69) is 25.6 Å². The number of ether oxygens (including phenoxy) is 1. The van der Waals surface area contributed by atoms with Crippen molar-refractivity contribution in [2.75, 3.05) is 13.1 Å². The number of nitrogens with zero attached hydrogens (tertiary/aromatic N) is 6. The minimum Gasteiger partial charge on any atom is -0.469 e. The Balaban J connectivity index is 1.53. The van der Waals surface area contributed by atoms with Crippen LogP contribution in [-0.4, -0.2) is 42.5 Å². The lowest BCUT2D eigenvalue weighted by Gasteiger charge is -2.23. The average molecular weight is 456 g/mol. The highest BCUT2D eigenvalue weighted by atomic mass is 35.5. The molecule has 1 aliphatic rings. The molecule has 8 nitrogen and oxygen atoms in total. The van der Waals surface area contributed by atoms with Gasteiger partial charge in [-0.05, 0) is 58.0 Å². The Morgan fingerprint density at radius 3 is 2.75 bits per heavy atom. The number of nitrogens with one attached hydrogen (secondary N) is 1. The van der Waals surface area contributed by atoms with E-state index in [-0.39, 0.29) is 0 Å². The first kappa shape index (κ1) is 20.8. The van der Waals surface area contributed by atoms with Crippen LogP contribution in [0.15, 0.2) is 36.7 Å². The van der Waals surface area contributed by atoms with Gasteiger partial charge in [0.15, 0.2) is 0 Å². The predicted molar refractivity (Wildman–Crippen MR) is 118 cm³/mol. The Morgan fingerprint density at radius 2 is 2.00 bits per heavy atom. The number of piperidine rings is 1. The summed E-state index contributed by atoms with van der Waals surface area (Å²) in [4.78, 5) is 8.53. The molecule has 1 fully saturated rings. The zero-order chi connectivity index (χ0) is 22.2. The van der Waals surface area contributed by atoms with E-state index in [4.69, 9.17) is 16.3 Å². The van der Waals surface area contributed by atoms with Gasteiger partial charge in [-0.15, -0.1) is 5.10 Å². The third kappa shape index (κ3) is 3.82. The maximum Gasteiger partial charge on any atom is 0.201 e. The second-order valence-electron chi connectivity index (χ2n) is 7.97. The minimum absolute atomic E-state index is 0.336. The van der Waals surface area contributed by atoms with Crippen LogP contribution in [0.2, 0.25) is 5.15 Å². The van der Waals surface area contributed by atoms with Crippen LogP contribution in [0.1, 0.15) is 43.3 Å². The summed E-state index contributed by atoms with van der Waals surface area (Å²) >= 11 is 6.38. The molecule has 1 saturated heterocycles. The number of halogens is 2. The van der Waals surface area contributed by atoms with Gasteiger partial charge >= 0.3 is 0 Å². The molecule has 5 heterocycles. The van der Waals surface area contributed by atoms with Crippen LogP contribution in [0, 0.1) is 12.7 Å². The Morgan fingerprint density at radius 1 is 1.19 bits per heavy atom. The number of hydrogen-bond donors (Lipinski definition) is 1. The molecule has 0 aromatic carbocycles. The van der Waals surface area contributed by atoms with Crippen LogP contribution in [0.3, 0.4) is 0 Å². The molecule has 166 valence electrons. The number of aromatic nitrogens is 6. The first-order valence-corrected chi connectivity index (χ1v) is 11.0. The summed E-state index contributed by atoms with van der Waals surface area (Å²) in [5.41, 5.74) is 3.86. The molecule has 0 saturated carbocycles. The summed E-state index contributed by atoms with van der Waals surface area (Å²) in [6, 6.07) is 7.10. The van der Waals surface area contributed by atoms with Gasteiger partial charge in [0.2, 0.25) is 5.88 Å². The molecule has 1 aliphatic heterocycles. The molecule has 0 bridgehead atoms. The second-order valence-corrected chi connectivity index (χ2v) is 8.35. The fourth-order valence-corrected chi connectivity index (χ4v) is 4.36. The zero-order valence-corrected chi connectivity index (χ0v) is 18.6. The van der Waals surface area contributed by atoms with Crippen LogP contribution in [-0.2, 0) is 0 Å². The number of fused-ring (bicyclic) bond motifs is 1. The van der Waals surface area contributed by atoms with Crippen molar-refractivity contribution in [3.8, 4) is 17.1 Å². The van der Waals surface area contributed by atoms with E-state index in [1.54, 1.807) is 16.7 Å². The van der Waals surface area contributed by atoms with Crippen molar-refractivity contribution in [2.24, 2.45) is 0 Å². The number of pyridine rings is 2. The van der Waals surface area contributed by atoms with Crippen LogP contribution in [0.25, 0.3) is 16.9 Å². The standard InChI is InChI=1S/C22H23ClFN7O/c1-13-22(28-29-31(13)17-5-7-25-8-6-17)15-9-20-27-12-19(23)30(20)21(10-15)32-14(2)18-4-3-16(24)11-26-18/h3-4,9-12,14,17,25H,5-8H2,1-2H3. The van der Waals surface area contributed by atoms with Crippen molar-refractivity contribution in [1.82, 2.24) is 34.7 Å². The topological polar surface area (TPSA) is 82.2 Å². The van der Waals surface area contributed by atoms with E-state index in [9.17, 15) is 4.39 Å². The Hall–Kier alpha value is -3.04. The molecule has 4 aromatic rings. The Bertz CT molecular complexity index is 1250. The van der Waals surface area contributed by atoms with E-state index in [1.807, 2.05) is 30.7 Å². The summed E-state index contributed by atoms with van der Waals surface area (Å²) in [5, 5.41) is 12.7. The predicted octanol–water partition coefficient (Wildman–Crippen LogP) is 4.15. The highest BCUT2D eigenvalue weighted by Crippen LogP contribution is 2.33. The molecule has 0 spiro atoms. The first-order valence-electron chi connectivity index (χ1n) is 10.6. The maximum absolute atomic E-state index is 13.3. The lowest BCUT2D eigenvalue weighted by molar-refractivity contribution is 0.210. The monoisotopic (exact) mass is 455 g/mol. The van der Waals surface area contributed by atoms with E-state index >= 15 is 0 Å². The highest BCUT2D eigenvalue weighted by molar-refractivity contribution is 6.29. The lowest BCUT2D eigenvalue weighted by atomic mass is 10.1. The number of rotatable bonds is 5. The summed E-state index contributed by atoms with van der Waals surface area (Å²) in [6.45, 7) is 5.84. The van der Waals surface area contributed by atoms with Crippen LogP contribution in [0.5, 0.6) is 5.88 Å². The molecule has 10 heteroatoms. The lowest BCUT2D eigenvalue weighted by Crippen LogP contribution is -2.30. The molecule has 4 aromatic heterocycles.